The van der Waals surface area contributed by atoms with Crippen molar-refractivity contribution in [3.8, 4) is 17.1 Å². The van der Waals surface area contributed by atoms with Crippen LogP contribution in [-0.2, 0) is 0 Å². The molecule has 0 aliphatic rings. The second-order valence-electron chi connectivity index (χ2n) is 13.2. The predicted octanol–water partition coefficient (Wildman–Crippen LogP) is 13.1. The molecular formula is C47H29N3O2. The second-order valence-corrected chi connectivity index (χ2v) is 13.2. The number of hydrogen-bond acceptors (Lipinski definition) is 4. The molecule has 0 aliphatic carbocycles. The van der Waals surface area contributed by atoms with Crippen molar-refractivity contribution >= 4 is 82.7 Å². The highest BCUT2D eigenvalue weighted by Gasteiger charge is 2.23. The summed E-state index contributed by atoms with van der Waals surface area (Å²) in [5, 5.41) is 6.86. The van der Waals surface area contributed by atoms with Crippen molar-refractivity contribution in [2.75, 3.05) is 4.90 Å². The summed E-state index contributed by atoms with van der Waals surface area (Å²) >= 11 is 0. The third-order valence-electron chi connectivity index (χ3n) is 10.2. The van der Waals surface area contributed by atoms with Crippen LogP contribution in [-0.4, -0.2) is 9.55 Å². The van der Waals surface area contributed by atoms with Crippen LogP contribution in [0.3, 0.4) is 0 Å². The van der Waals surface area contributed by atoms with E-state index in [1.54, 1.807) is 0 Å². The van der Waals surface area contributed by atoms with Crippen molar-refractivity contribution in [1.29, 1.82) is 0 Å². The first-order chi connectivity index (χ1) is 25.8. The molecule has 0 radical (unpaired) electrons. The molecule has 5 nitrogen and oxygen atoms in total. The summed E-state index contributed by atoms with van der Waals surface area (Å²) in [5.41, 5.74) is 10.7. The first kappa shape index (κ1) is 28.7. The van der Waals surface area contributed by atoms with Crippen molar-refractivity contribution in [1.82, 2.24) is 9.55 Å². The number of anilines is 3. The van der Waals surface area contributed by atoms with Gasteiger partial charge in [0.25, 0.3) is 0 Å². The minimum Gasteiger partial charge on any atom is -0.456 e. The monoisotopic (exact) mass is 667 g/mol. The number of fused-ring (bicyclic) bond motifs is 9. The van der Waals surface area contributed by atoms with Crippen LogP contribution in [0.1, 0.15) is 0 Å². The SMILES string of the molecule is c1ccc(-c2nc3cc(N(c4ccc5c(c4)oc4ccccc45)c4cc5c6ccccc6n(-c6ccccc6)c5c5ccccc45)ccc3o2)cc1. The minimum absolute atomic E-state index is 0.601. The molecule has 0 atom stereocenters. The van der Waals surface area contributed by atoms with E-state index in [-0.39, 0.29) is 0 Å². The Bertz CT molecular complexity index is 3140. The van der Waals surface area contributed by atoms with E-state index >= 15 is 0 Å². The maximum absolute atomic E-state index is 6.45. The topological polar surface area (TPSA) is 47.3 Å². The summed E-state index contributed by atoms with van der Waals surface area (Å²) in [5.74, 6) is 0.601. The van der Waals surface area contributed by atoms with Gasteiger partial charge in [0.1, 0.15) is 16.7 Å². The number of hydrogen-bond donors (Lipinski definition) is 0. The van der Waals surface area contributed by atoms with E-state index < -0.39 is 0 Å². The molecule has 0 spiro atoms. The van der Waals surface area contributed by atoms with Gasteiger partial charge in [-0.25, -0.2) is 4.98 Å². The van der Waals surface area contributed by atoms with Crippen molar-refractivity contribution in [2.45, 2.75) is 0 Å². The van der Waals surface area contributed by atoms with E-state index in [1.165, 1.54) is 27.2 Å². The van der Waals surface area contributed by atoms with Crippen molar-refractivity contribution in [3.63, 3.8) is 0 Å². The lowest BCUT2D eigenvalue weighted by Gasteiger charge is -2.27. The third kappa shape index (κ3) is 4.33. The Morgan fingerprint density at radius 2 is 1.10 bits per heavy atom. The molecule has 244 valence electrons. The van der Waals surface area contributed by atoms with Gasteiger partial charge >= 0.3 is 0 Å². The molecule has 8 aromatic carbocycles. The minimum atomic E-state index is 0.601. The molecule has 0 unspecified atom stereocenters. The number of benzene rings is 8. The Balaban J connectivity index is 1.21. The van der Waals surface area contributed by atoms with E-state index in [0.29, 0.717) is 5.89 Å². The summed E-state index contributed by atoms with van der Waals surface area (Å²) in [6.07, 6.45) is 0. The molecule has 0 fully saturated rings. The van der Waals surface area contributed by atoms with Gasteiger partial charge in [-0.3, -0.25) is 0 Å². The largest absolute Gasteiger partial charge is 0.456 e. The zero-order valence-corrected chi connectivity index (χ0v) is 27.9. The van der Waals surface area contributed by atoms with Gasteiger partial charge in [0.2, 0.25) is 5.89 Å². The van der Waals surface area contributed by atoms with Crippen LogP contribution < -0.4 is 4.90 Å². The highest BCUT2D eigenvalue weighted by molar-refractivity contribution is 6.22. The number of oxazole rings is 1. The molecule has 0 amide bonds. The lowest BCUT2D eigenvalue weighted by Crippen LogP contribution is -2.10. The fourth-order valence-electron chi connectivity index (χ4n) is 7.87. The Kier molecular flexibility index (Phi) is 6.18. The molecule has 3 heterocycles. The number of aromatic nitrogens is 2. The molecule has 5 heteroatoms. The van der Waals surface area contributed by atoms with Gasteiger partial charge in [0, 0.05) is 61.0 Å². The van der Waals surface area contributed by atoms with Crippen molar-refractivity contribution in [2.24, 2.45) is 0 Å². The Morgan fingerprint density at radius 3 is 1.94 bits per heavy atom. The van der Waals surface area contributed by atoms with Gasteiger partial charge in [-0.15, -0.1) is 0 Å². The Labute approximate surface area is 298 Å². The van der Waals surface area contributed by atoms with Crippen LogP contribution in [0.25, 0.3) is 82.8 Å². The van der Waals surface area contributed by atoms with Crippen LogP contribution in [0.5, 0.6) is 0 Å². The summed E-state index contributed by atoms with van der Waals surface area (Å²) in [6.45, 7) is 0. The van der Waals surface area contributed by atoms with E-state index in [0.717, 1.165) is 66.7 Å². The number of para-hydroxylation sites is 3. The van der Waals surface area contributed by atoms with Crippen LogP contribution in [0.2, 0.25) is 0 Å². The molecule has 0 N–H and O–H groups in total. The summed E-state index contributed by atoms with van der Waals surface area (Å²) in [7, 11) is 0. The molecule has 0 saturated carbocycles. The lowest BCUT2D eigenvalue weighted by atomic mass is 10.0. The van der Waals surface area contributed by atoms with Crippen LogP contribution in [0.15, 0.2) is 185 Å². The number of rotatable bonds is 5. The molecule has 0 aliphatic heterocycles. The van der Waals surface area contributed by atoms with Crippen LogP contribution >= 0.6 is 0 Å². The molecule has 3 aromatic heterocycles. The summed E-state index contributed by atoms with van der Waals surface area (Å²) in [4.78, 5) is 7.30. The van der Waals surface area contributed by atoms with E-state index in [4.69, 9.17) is 13.8 Å². The Hall–Kier alpha value is -7.11. The van der Waals surface area contributed by atoms with Gasteiger partial charge in [-0.05, 0) is 72.8 Å². The molecule has 0 saturated heterocycles. The highest BCUT2D eigenvalue weighted by Crippen LogP contribution is 2.46. The number of furan rings is 1. The van der Waals surface area contributed by atoms with Crippen LogP contribution in [0.4, 0.5) is 17.1 Å². The average molecular weight is 668 g/mol. The zero-order valence-electron chi connectivity index (χ0n) is 27.9. The van der Waals surface area contributed by atoms with Crippen molar-refractivity contribution < 1.29 is 8.83 Å². The normalized spacial score (nSPS) is 11.8. The summed E-state index contributed by atoms with van der Waals surface area (Å²) in [6, 6.07) is 61.5. The molecule has 0 bridgehead atoms. The van der Waals surface area contributed by atoms with E-state index in [9.17, 15) is 0 Å². The maximum Gasteiger partial charge on any atom is 0.227 e. The fraction of sp³-hybridized carbons (Fsp3) is 0. The highest BCUT2D eigenvalue weighted by atomic mass is 16.3. The van der Waals surface area contributed by atoms with Gasteiger partial charge in [-0.2, -0.15) is 0 Å². The number of nitrogens with zero attached hydrogens (tertiary/aromatic N) is 3. The van der Waals surface area contributed by atoms with E-state index in [1.807, 2.05) is 48.5 Å². The van der Waals surface area contributed by atoms with Gasteiger partial charge in [-0.1, -0.05) is 97.1 Å². The van der Waals surface area contributed by atoms with Gasteiger partial charge in [0.15, 0.2) is 5.58 Å². The van der Waals surface area contributed by atoms with Crippen LogP contribution in [0, 0.1) is 0 Å². The molecule has 11 rings (SSSR count). The van der Waals surface area contributed by atoms with Gasteiger partial charge < -0.3 is 18.3 Å². The smallest absolute Gasteiger partial charge is 0.227 e. The van der Waals surface area contributed by atoms with Crippen molar-refractivity contribution in [3.05, 3.63) is 176 Å². The fourth-order valence-corrected chi connectivity index (χ4v) is 7.87. The second kappa shape index (κ2) is 11.2. The third-order valence-corrected chi connectivity index (χ3v) is 10.2. The average Bonchev–Trinajstić information content (AvgIpc) is 3.90. The van der Waals surface area contributed by atoms with E-state index in [2.05, 4.69) is 137 Å². The first-order valence-corrected chi connectivity index (χ1v) is 17.5. The standard InChI is InChI=1S/C47H29N3O2/c1-3-13-30(14-4-1)47-48-40-27-32(24-26-44(40)52-47)49(33-23-25-37-36-19-10-12-22-43(36)51-45(37)28-33)42-29-39-35-18-9-11-21-41(35)50(31-15-5-2-6-16-31)46(39)38-20-8-7-17-34(38)42/h1-29H. The van der Waals surface area contributed by atoms with Gasteiger partial charge in [0.05, 0.1) is 16.7 Å². The maximum atomic E-state index is 6.45. The lowest BCUT2D eigenvalue weighted by molar-refractivity contribution is 0.620. The molecule has 52 heavy (non-hydrogen) atoms. The Morgan fingerprint density at radius 1 is 0.442 bits per heavy atom. The summed E-state index contributed by atoms with van der Waals surface area (Å²) < 4.78 is 15.1. The zero-order chi connectivity index (χ0) is 34.2. The quantitative estimate of drug-likeness (QED) is 0.183. The predicted molar refractivity (Wildman–Crippen MR) is 213 cm³/mol. The molecular weight excluding hydrogens is 639 g/mol. The molecule has 11 aromatic rings. The first-order valence-electron chi connectivity index (χ1n) is 17.5.